The number of carbonyl (C=O) groups excluding carboxylic acids is 2. The SMILES string of the molecule is CNC(=O)c1cc(C(=O)N[C@H]2[C@@H]3COC[C@@H]32)n([C@@H](C)c2cccc(F)c2)n1. The van der Waals surface area contributed by atoms with Crippen molar-refractivity contribution < 1.29 is 18.7 Å². The average Bonchev–Trinajstić information content (AvgIpc) is 3.07. The van der Waals surface area contributed by atoms with E-state index >= 15 is 0 Å². The highest BCUT2D eigenvalue weighted by Crippen LogP contribution is 2.44. The highest BCUT2D eigenvalue weighted by Gasteiger charge is 2.55. The molecule has 2 N–H and O–H groups in total. The Kier molecular flexibility index (Phi) is 4.43. The van der Waals surface area contributed by atoms with Crippen LogP contribution >= 0.6 is 0 Å². The van der Waals surface area contributed by atoms with Crippen LogP contribution in [0.5, 0.6) is 0 Å². The number of nitrogens with zero attached hydrogens (tertiary/aromatic N) is 2. The molecular weight excluding hydrogens is 351 g/mol. The topological polar surface area (TPSA) is 85.3 Å². The molecule has 2 amide bonds. The van der Waals surface area contributed by atoms with Gasteiger partial charge in [0.1, 0.15) is 11.5 Å². The number of amides is 2. The second-order valence-electron chi connectivity index (χ2n) is 7.03. The number of hydrogen-bond acceptors (Lipinski definition) is 4. The summed E-state index contributed by atoms with van der Waals surface area (Å²) in [7, 11) is 1.50. The number of nitrogens with one attached hydrogen (secondary N) is 2. The number of rotatable bonds is 5. The molecule has 0 bridgehead atoms. The predicted octanol–water partition coefficient (Wildman–Crippen LogP) is 1.37. The molecule has 0 radical (unpaired) electrons. The van der Waals surface area contributed by atoms with Gasteiger partial charge in [0.2, 0.25) is 0 Å². The lowest BCUT2D eigenvalue weighted by molar-refractivity contribution is 0.0915. The fraction of sp³-hybridized carbons (Fsp3) is 0.421. The minimum atomic E-state index is -0.415. The van der Waals surface area contributed by atoms with Crippen molar-refractivity contribution in [1.29, 1.82) is 0 Å². The fourth-order valence-corrected chi connectivity index (χ4v) is 3.69. The average molecular weight is 372 g/mol. The molecule has 4 rings (SSSR count). The number of ether oxygens (including phenoxy) is 1. The number of aromatic nitrogens is 2. The van der Waals surface area contributed by atoms with E-state index in [0.29, 0.717) is 30.6 Å². The lowest BCUT2D eigenvalue weighted by atomic mass is 10.1. The summed E-state index contributed by atoms with van der Waals surface area (Å²) < 4.78 is 20.4. The van der Waals surface area contributed by atoms with Crippen LogP contribution in [0, 0.1) is 17.7 Å². The number of benzene rings is 1. The third kappa shape index (κ3) is 3.21. The smallest absolute Gasteiger partial charge is 0.271 e. The van der Waals surface area contributed by atoms with Crippen molar-refractivity contribution in [2.24, 2.45) is 11.8 Å². The minimum absolute atomic E-state index is 0.0996. The van der Waals surface area contributed by atoms with Gasteiger partial charge in [-0.3, -0.25) is 14.3 Å². The molecule has 0 unspecified atom stereocenters. The molecule has 2 fully saturated rings. The van der Waals surface area contributed by atoms with Crippen molar-refractivity contribution in [2.45, 2.75) is 19.0 Å². The molecule has 2 aromatic rings. The Morgan fingerprint density at radius 1 is 1.26 bits per heavy atom. The van der Waals surface area contributed by atoms with Crippen molar-refractivity contribution in [2.75, 3.05) is 20.3 Å². The van der Waals surface area contributed by atoms with E-state index in [-0.39, 0.29) is 35.1 Å². The summed E-state index contributed by atoms with van der Waals surface area (Å²) in [6.45, 7) is 3.14. The van der Waals surface area contributed by atoms with Gasteiger partial charge in [-0.2, -0.15) is 5.10 Å². The van der Waals surface area contributed by atoms with Gasteiger partial charge in [-0.1, -0.05) is 12.1 Å². The molecule has 2 heterocycles. The van der Waals surface area contributed by atoms with Crippen LogP contribution in [-0.2, 0) is 4.74 Å². The Morgan fingerprint density at radius 2 is 2.00 bits per heavy atom. The lowest BCUT2D eigenvalue weighted by Gasteiger charge is -2.16. The molecule has 1 aliphatic heterocycles. The molecule has 1 aromatic carbocycles. The van der Waals surface area contributed by atoms with Gasteiger partial charge >= 0.3 is 0 Å². The summed E-state index contributed by atoms with van der Waals surface area (Å²) >= 11 is 0. The van der Waals surface area contributed by atoms with Gasteiger partial charge in [-0.05, 0) is 24.6 Å². The van der Waals surface area contributed by atoms with E-state index in [4.69, 9.17) is 4.74 Å². The van der Waals surface area contributed by atoms with Crippen LogP contribution in [0.15, 0.2) is 30.3 Å². The zero-order valence-corrected chi connectivity index (χ0v) is 15.1. The van der Waals surface area contributed by atoms with Gasteiger partial charge < -0.3 is 15.4 Å². The predicted molar refractivity (Wildman–Crippen MR) is 94.9 cm³/mol. The highest BCUT2D eigenvalue weighted by molar-refractivity contribution is 5.98. The van der Waals surface area contributed by atoms with E-state index in [1.807, 2.05) is 6.92 Å². The van der Waals surface area contributed by atoms with E-state index in [2.05, 4.69) is 15.7 Å². The number of fused-ring (bicyclic) bond motifs is 1. The Labute approximate surface area is 155 Å². The molecule has 4 atom stereocenters. The molecule has 142 valence electrons. The first-order valence-electron chi connectivity index (χ1n) is 8.95. The quantitative estimate of drug-likeness (QED) is 0.830. The molecule has 0 spiro atoms. The van der Waals surface area contributed by atoms with Crippen molar-refractivity contribution in [3.05, 3.63) is 53.1 Å². The summed E-state index contributed by atoms with van der Waals surface area (Å²) in [6, 6.07) is 7.28. The number of halogens is 1. The molecule has 1 saturated carbocycles. The molecule has 27 heavy (non-hydrogen) atoms. The monoisotopic (exact) mass is 372 g/mol. The molecule has 2 aliphatic rings. The van der Waals surface area contributed by atoms with E-state index in [0.717, 1.165) is 0 Å². The van der Waals surface area contributed by atoms with Crippen LogP contribution in [0.4, 0.5) is 4.39 Å². The van der Waals surface area contributed by atoms with Gasteiger partial charge in [0.25, 0.3) is 11.8 Å². The standard InChI is InChI=1S/C19H21FN4O3/c1-10(11-4-3-5-12(20)6-11)24-16(7-15(23-24)18(25)21-2)19(26)22-17-13-8-27-9-14(13)17/h3-7,10,13-14,17H,8-9H2,1-2H3,(H,21,25)(H,22,26)/t10-,13-,14+,17+/m0/s1. The van der Waals surface area contributed by atoms with Gasteiger partial charge in [-0.15, -0.1) is 0 Å². The van der Waals surface area contributed by atoms with Crippen molar-refractivity contribution in [3.8, 4) is 0 Å². The first kappa shape index (κ1) is 17.7. The second-order valence-corrected chi connectivity index (χ2v) is 7.03. The zero-order valence-electron chi connectivity index (χ0n) is 15.1. The summed E-state index contributed by atoms with van der Waals surface area (Å²) in [5.41, 5.74) is 1.08. The first-order chi connectivity index (χ1) is 13.0. The Morgan fingerprint density at radius 3 is 2.67 bits per heavy atom. The van der Waals surface area contributed by atoms with E-state index in [1.165, 1.54) is 29.9 Å². The van der Waals surface area contributed by atoms with Gasteiger partial charge in [0.05, 0.1) is 19.3 Å². The summed E-state index contributed by atoms with van der Waals surface area (Å²) in [5.74, 6) is -0.310. The third-order valence-electron chi connectivity index (χ3n) is 5.38. The van der Waals surface area contributed by atoms with Crippen LogP contribution in [-0.4, -0.2) is 47.9 Å². The van der Waals surface area contributed by atoms with Crippen LogP contribution in [0.3, 0.4) is 0 Å². The van der Waals surface area contributed by atoms with Crippen LogP contribution in [0.2, 0.25) is 0 Å². The lowest BCUT2D eigenvalue weighted by Crippen LogP contribution is -2.32. The van der Waals surface area contributed by atoms with E-state index in [9.17, 15) is 14.0 Å². The second kappa shape index (κ2) is 6.77. The van der Waals surface area contributed by atoms with Crippen LogP contribution in [0.1, 0.15) is 39.5 Å². The Bertz CT molecular complexity index is 887. The molecular formula is C19H21FN4O3. The Balaban J connectivity index is 1.63. The Hall–Kier alpha value is -2.74. The van der Waals surface area contributed by atoms with Gasteiger partial charge in [0.15, 0.2) is 5.69 Å². The van der Waals surface area contributed by atoms with Crippen LogP contribution < -0.4 is 10.6 Å². The normalized spacial score (nSPS) is 24.2. The number of hydrogen-bond donors (Lipinski definition) is 2. The van der Waals surface area contributed by atoms with Crippen molar-refractivity contribution in [3.63, 3.8) is 0 Å². The first-order valence-corrected chi connectivity index (χ1v) is 8.95. The van der Waals surface area contributed by atoms with Crippen LogP contribution in [0.25, 0.3) is 0 Å². The molecule has 1 aliphatic carbocycles. The maximum absolute atomic E-state index is 13.6. The highest BCUT2D eigenvalue weighted by atomic mass is 19.1. The maximum Gasteiger partial charge on any atom is 0.271 e. The summed E-state index contributed by atoms with van der Waals surface area (Å²) in [4.78, 5) is 24.9. The van der Waals surface area contributed by atoms with E-state index < -0.39 is 6.04 Å². The number of carbonyl (C=O) groups is 2. The minimum Gasteiger partial charge on any atom is -0.381 e. The van der Waals surface area contributed by atoms with E-state index in [1.54, 1.807) is 12.1 Å². The van der Waals surface area contributed by atoms with Gasteiger partial charge in [0, 0.05) is 31.0 Å². The summed E-state index contributed by atoms with van der Waals surface area (Å²) in [5, 5.41) is 9.83. The zero-order chi connectivity index (χ0) is 19.1. The van der Waals surface area contributed by atoms with Crippen molar-refractivity contribution >= 4 is 11.8 Å². The maximum atomic E-state index is 13.6. The third-order valence-corrected chi connectivity index (χ3v) is 5.38. The largest absolute Gasteiger partial charge is 0.381 e. The van der Waals surface area contributed by atoms with Crippen molar-refractivity contribution in [1.82, 2.24) is 20.4 Å². The molecule has 7 nitrogen and oxygen atoms in total. The summed E-state index contributed by atoms with van der Waals surface area (Å²) in [6.07, 6.45) is 0. The molecule has 8 heteroatoms. The fourth-order valence-electron chi connectivity index (χ4n) is 3.69. The molecule has 1 aromatic heterocycles. The van der Waals surface area contributed by atoms with Gasteiger partial charge in [-0.25, -0.2) is 4.39 Å². The molecule has 1 saturated heterocycles.